The molecule has 0 bridgehead atoms. The van der Waals surface area contributed by atoms with E-state index in [-0.39, 0.29) is 9.34 Å². The highest BCUT2D eigenvalue weighted by atomic mass is 32.2. The van der Waals surface area contributed by atoms with E-state index in [0.717, 1.165) is 16.9 Å². The number of hydrogen-bond donors (Lipinski definition) is 3. The van der Waals surface area contributed by atoms with Gasteiger partial charge < -0.3 is 15.4 Å². The fourth-order valence-corrected chi connectivity index (χ4v) is 3.85. The van der Waals surface area contributed by atoms with Gasteiger partial charge in [-0.3, -0.25) is 4.72 Å². The van der Waals surface area contributed by atoms with Crippen molar-refractivity contribution in [3.63, 3.8) is 0 Å². The van der Waals surface area contributed by atoms with Crippen molar-refractivity contribution < 1.29 is 18.1 Å². The molecule has 0 saturated heterocycles. The number of hydrogen-bond acceptors (Lipinski definition) is 7. The van der Waals surface area contributed by atoms with Crippen LogP contribution in [0.5, 0.6) is 0 Å². The number of fused-ring (bicyclic) bond motifs is 1. The van der Waals surface area contributed by atoms with E-state index >= 15 is 0 Å². The molecule has 0 unspecified atom stereocenters. The van der Waals surface area contributed by atoms with Crippen LogP contribution in [0.3, 0.4) is 0 Å². The fraction of sp³-hybridized carbons (Fsp3) is 0.100. The molecule has 2 heterocycles. The minimum absolute atomic E-state index is 0.0345. The Morgan fingerprint density at radius 3 is 3.00 bits per heavy atom. The Hall–Kier alpha value is -1.62. The van der Waals surface area contributed by atoms with Crippen LogP contribution < -0.4 is 15.9 Å². The standard InChI is InChI=1S/C10H10BN3O4S2/c12-10-13-4-9(19-10)20(16,17)14-7-2-1-6-5-18-11(15)8(6)3-7/h1-4,14-15H,5H2,(H2,12,13). The third-order valence-corrected chi connectivity index (χ3v) is 5.50. The van der Waals surface area contributed by atoms with E-state index in [1.165, 1.54) is 6.20 Å². The number of anilines is 2. The van der Waals surface area contributed by atoms with Crippen LogP contribution in [0.15, 0.2) is 28.6 Å². The molecule has 0 fully saturated rings. The van der Waals surface area contributed by atoms with Gasteiger partial charge in [0.1, 0.15) is 0 Å². The second-order valence-corrected chi connectivity index (χ2v) is 7.17. The lowest BCUT2D eigenvalue weighted by Crippen LogP contribution is -2.28. The third kappa shape index (κ3) is 2.38. The number of sulfonamides is 1. The number of nitrogen functional groups attached to an aromatic ring is 1. The molecule has 1 aliphatic heterocycles. The summed E-state index contributed by atoms with van der Waals surface area (Å²) in [7, 11) is -4.74. The predicted molar refractivity (Wildman–Crippen MR) is 76.2 cm³/mol. The first kappa shape index (κ1) is 13.4. The molecule has 1 aromatic heterocycles. The maximum Gasteiger partial charge on any atom is 0.491 e. The van der Waals surface area contributed by atoms with Crippen molar-refractivity contribution in [3.8, 4) is 0 Å². The zero-order valence-electron chi connectivity index (χ0n) is 10.1. The van der Waals surface area contributed by atoms with Gasteiger partial charge in [0.05, 0.1) is 12.8 Å². The van der Waals surface area contributed by atoms with Gasteiger partial charge in [-0.05, 0) is 23.2 Å². The van der Waals surface area contributed by atoms with Crippen molar-refractivity contribution in [1.82, 2.24) is 4.98 Å². The molecule has 0 radical (unpaired) electrons. The lowest BCUT2D eigenvalue weighted by Gasteiger charge is -2.07. The van der Waals surface area contributed by atoms with Gasteiger partial charge in [-0.25, -0.2) is 13.4 Å². The van der Waals surface area contributed by atoms with Crippen LogP contribution in [0.25, 0.3) is 0 Å². The van der Waals surface area contributed by atoms with Crippen molar-refractivity contribution in [2.75, 3.05) is 10.5 Å². The topological polar surface area (TPSA) is 115 Å². The van der Waals surface area contributed by atoms with Gasteiger partial charge in [0.25, 0.3) is 10.0 Å². The van der Waals surface area contributed by atoms with Gasteiger partial charge in [0.15, 0.2) is 9.34 Å². The first-order chi connectivity index (χ1) is 9.45. The molecule has 10 heteroatoms. The quantitative estimate of drug-likeness (QED) is 0.673. The summed E-state index contributed by atoms with van der Waals surface area (Å²) in [4.78, 5) is 3.71. The number of nitrogens with one attached hydrogen (secondary N) is 1. The number of nitrogens with two attached hydrogens (primary N) is 1. The monoisotopic (exact) mass is 311 g/mol. The van der Waals surface area contributed by atoms with Gasteiger partial charge in [0.2, 0.25) is 0 Å². The van der Waals surface area contributed by atoms with Crippen LogP contribution >= 0.6 is 11.3 Å². The maximum atomic E-state index is 12.1. The van der Waals surface area contributed by atoms with Crippen LogP contribution in [-0.4, -0.2) is 25.5 Å². The van der Waals surface area contributed by atoms with Crippen molar-refractivity contribution in [2.24, 2.45) is 0 Å². The van der Waals surface area contributed by atoms with E-state index in [0.29, 0.717) is 17.8 Å². The minimum Gasteiger partial charge on any atom is -0.423 e. The average Bonchev–Trinajstić information content (AvgIpc) is 2.97. The third-order valence-electron chi connectivity index (χ3n) is 2.83. The van der Waals surface area contributed by atoms with E-state index in [9.17, 15) is 13.4 Å². The van der Waals surface area contributed by atoms with Gasteiger partial charge in [0, 0.05) is 5.69 Å². The normalized spacial score (nSPS) is 14.3. The highest BCUT2D eigenvalue weighted by molar-refractivity contribution is 7.94. The molecule has 0 saturated carbocycles. The largest absolute Gasteiger partial charge is 0.491 e. The number of rotatable bonds is 3. The van der Waals surface area contributed by atoms with Gasteiger partial charge in [-0.2, -0.15) is 0 Å². The van der Waals surface area contributed by atoms with Gasteiger partial charge >= 0.3 is 7.12 Å². The summed E-state index contributed by atoms with van der Waals surface area (Å²) in [5.41, 5.74) is 7.17. The molecule has 4 N–H and O–H groups in total. The molecule has 0 atom stereocenters. The van der Waals surface area contributed by atoms with E-state index in [1.54, 1.807) is 18.2 Å². The molecule has 20 heavy (non-hydrogen) atoms. The molecule has 2 aromatic rings. The summed E-state index contributed by atoms with van der Waals surface area (Å²) in [6.07, 6.45) is 1.20. The maximum absolute atomic E-state index is 12.1. The van der Waals surface area contributed by atoms with E-state index in [4.69, 9.17) is 10.4 Å². The minimum atomic E-state index is -3.72. The molecule has 0 spiro atoms. The zero-order chi connectivity index (χ0) is 14.3. The van der Waals surface area contributed by atoms with Crippen molar-refractivity contribution in [2.45, 2.75) is 10.8 Å². The number of thiazole rings is 1. The first-order valence-electron chi connectivity index (χ1n) is 5.62. The second-order valence-electron chi connectivity index (χ2n) is 4.20. The summed E-state index contributed by atoms with van der Waals surface area (Å²) in [6, 6.07) is 4.88. The van der Waals surface area contributed by atoms with E-state index in [2.05, 4.69) is 9.71 Å². The fourth-order valence-electron chi connectivity index (χ4n) is 1.88. The predicted octanol–water partition coefficient (Wildman–Crippen LogP) is -0.256. The highest BCUT2D eigenvalue weighted by Gasteiger charge is 2.28. The Bertz CT molecular complexity index is 762. The van der Waals surface area contributed by atoms with Crippen LogP contribution in [0.1, 0.15) is 5.56 Å². The second kappa shape index (κ2) is 4.74. The molecule has 3 rings (SSSR count). The molecule has 1 aromatic carbocycles. The summed E-state index contributed by atoms with van der Waals surface area (Å²) >= 11 is 0.882. The highest BCUT2D eigenvalue weighted by Crippen LogP contribution is 2.23. The molecule has 7 nitrogen and oxygen atoms in total. The number of nitrogens with zero attached hydrogens (tertiary/aromatic N) is 1. The van der Waals surface area contributed by atoms with Crippen molar-refractivity contribution >= 4 is 44.8 Å². The van der Waals surface area contributed by atoms with E-state index < -0.39 is 17.1 Å². The van der Waals surface area contributed by atoms with Crippen LogP contribution in [-0.2, 0) is 21.3 Å². The SMILES string of the molecule is Nc1ncc(S(=O)(=O)Nc2ccc3c(c2)B(O)OC3)s1. The lowest BCUT2D eigenvalue weighted by molar-refractivity contribution is 0.275. The van der Waals surface area contributed by atoms with E-state index in [1.807, 2.05) is 0 Å². The molecular formula is C10H10BN3O4S2. The zero-order valence-corrected chi connectivity index (χ0v) is 11.7. The molecule has 0 amide bonds. The molecule has 0 aliphatic carbocycles. The Kier molecular flexibility index (Phi) is 3.17. The molecule has 104 valence electrons. The number of benzene rings is 1. The summed E-state index contributed by atoms with van der Waals surface area (Å²) in [5, 5.41) is 9.78. The molecular weight excluding hydrogens is 301 g/mol. The van der Waals surface area contributed by atoms with Crippen molar-refractivity contribution in [1.29, 1.82) is 0 Å². The average molecular weight is 311 g/mol. The Balaban J connectivity index is 1.90. The number of aromatic nitrogens is 1. The van der Waals surface area contributed by atoms with Crippen LogP contribution in [0.2, 0.25) is 0 Å². The summed E-state index contributed by atoms with van der Waals surface area (Å²) < 4.78 is 31.7. The Labute approximate surface area is 119 Å². The Morgan fingerprint density at radius 2 is 2.30 bits per heavy atom. The van der Waals surface area contributed by atoms with Crippen LogP contribution in [0.4, 0.5) is 10.8 Å². The van der Waals surface area contributed by atoms with Gasteiger partial charge in [-0.15, -0.1) is 0 Å². The lowest BCUT2D eigenvalue weighted by atomic mass is 9.79. The summed E-state index contributed by atoms with van der Waals surface area (Å²) in [6.45, 7) is 0.314. The van der Waals surface area contributed by atoms with Gasteiger partial charge in [-0.1, -0.05) is 17.4 Å². The van der Waals surface area contributed by atoms with Crippen LogP contribution in [0, 0.1) is 0 Å². The Morgan fingerprint density at radius 1 is 1.50 bits per heavy atom. The summed E-state index contributed by atoms with van der Waals surface area (Å²) in [5.74, 6) is 0. The molecule has 1 aliphatic rings. The first-order valence-corrected chi connectivity index (χ1v) is 7.92. The smallest absolute Gasteiger partial charge is 0.423 e. The van der Waals surface area contributed by atoms with Crippen molar-refractivity contribution in [3.05, 3.63) is 30.0 Å².